The number of benzene rings is 1. The zero-order valence-electron chi connectivity index (χ0n) is 20.2. The summed E-state index contributed by atoms with van der Waals surface area (Å²) in [4.78, 5) is 25.3. The number of carbonyl (C=O) groups excluding carboxylic acids is 2. The van der Waals surface area contributed by atoms with Crippen LogP contribution in [-0.2, 0) is 14.3 Å². The topological polar surface area (TPSA) is 113 Å². The Hall–Kier alpha value is -2.22. The SMILES string of the molecule is C[C@H]1C2=CC(=O)O[C@]2(O)C[C@H]2C1[C@@H](O)[C@@H](OC(=O)c1ccccc1)[C@@]1(O)C(C)(C)CCC[C@]21C. The van der Waals surface area contributed by atoms with Crippen molar-refractivity contribution in [2.75, 3.05) is 0 Å². The minimum Gasteiger partial charge on any atom is -0.453 e. The lowest BCUT2D eigenvalue weighted by Gasteiger charge is -2.69. The number of carbonyl (C=O) groups is 2. The van der Waals surface area contributed by atoms with Gasteiger partial charge < -0.3 is 24.8 Å². The van der Waals surface area contributed by atoms with Gasteiger partial charge in [-0.25, -0.2) is 9.59 Å². The summed E-state index contributed by atoms with van der Waals surface area (Å²) in [6.45, 7) is 7.73. The summed E-state index contributed by atoms with van der Waals surface area (Å²) in [6, 6.07) is 8.56. The molecule has 1 heterocycles. The van der Waals surface area contributed by atoms with Crippen molar-refractivity contribution in [1.82, 2.24) is 0 Å². The third kappa shape index (κ3) is 2.93. The van der Waals surface area contributed by atoms with Gasteiger partial charge in [0.1, 0.15) is 5.60 Å². The second-order valence-corrected chi connectivity index (χ2v) is 11.6. The molecule has 1 aromatic carbocycles. The van der Waals surface area contributed by atoms with Crippen molar-refractivity contribution in [3.8, 4) is 0 Å². The fraction of sp³-hybridized carbons (Fsp3) is 0.630. The van der Waals surface area contributed by atoms with E-state index in [0.717, 1.165) is 6.42 Å². The van der Waals surface area contributed by atoms with Gasteiger partial charge >= 0.3 is 11.9 Å². The van der Waals surface area contributed by atoms with Gasteiger partial charge in [-0.05, 0) is 48.1 Å². The van der Waals surface area contributed by atoms with Crippen LogP contribution in [0, 0.1) is 28.6 Å². The maximum atomic E-state index is 13.1. The van der Waals surface area contributed by atoms with Crippen LogP contribution in [0.1, 0.15) is 63.7 Å². The first kappa shape index (κ1) is 23.5. The Morgan fingerprint density at radius 1 is 1.12 bits per heavy atom. The van der Waals surface area contributed by atoms with Gasteiger partial charge in [0.15, 0.2) is 6.10 Å². The summed E-state index contributed by atoms with van der Waals surface area (Å²) in [7, 11) is 0. The molecule has 3 fully saturated rings. The number of aliphatic hydroxyl groups is 3. The standard InChI is InChI=1S/C27H34O7/c1-15-17-13-19(28)34-26(17,31)14-18-20(15)21(29)22(33-23(30)16-9-6-5-7-10-16)27(32)24(2,3)11-8-12-25(18,27)4/h5-7,9-10,13,15,18,20-22,29,31-32H,8,11-12,14H2,1-4H3/t15-,18-,20?,21+,22+,25+,26+,27+/m0/s1. The van der Waals surface area contributed by atoms with E-state index in [1.807, 2.05) is 27.7 Å². The van der Waals surface area contributed by atoms with Crippen molar-refractivity contribution in [2.24, 2.45) is 28.6 Å². The molecule has 3 aliphatic carbocycles. The maximum Gasteiger partial charge on any atom is 0.338 e. The Kier molecular flexibility index (Phi) is 5.11. The van der Waals surface area contributed by atoms with E-state index in [2.05, 4.69) is 0 Å². The molecular weight excluding hydrogens is 436 g/mol. The molecule has 1 aromatic rings. The molecule has 0 amide bonds. The van der Waals surface area contributed by atoms with Crippen molar-refractivity contribution in [1.29, 1.82) is 0 Å². The van der Waals surface area contributed by atoms with Crippen molar-refractivity contribution in [2.45, 2.75) is 77.0 Å². The normalized spacial score (nSPS) is 44.7. The van der Waals surface area contributed by atoms with E-state index in [9.17, 15) is 24.9 Å². The number of hydrogen-bond donors (Lipinski definition) is 3. The first-order chi connectivity index (χ1) is 15.9. The van der Waals surface area contributed by atoms with Gasteiger partial charge in [0.05, 0.1) is 11.7 Å². The summed E-state index contributed by atoms with van der Waals surface area (Å²) in [5, 5.41) is 35.6. The smallest absolute Gasteiger partial charge is 0.338 e. The van der Waals surface area contributed by atoms with Gasteiger partial charge in [0, 0.05) is 23.5 Å². The lowest BCUT2D eigenvalue weighted by Crippen LogP contribution is -2.77. The van der Waals surface area contributed by atoms with E-state index < -0.39 is 58.2 Å². The van der Waals surface area contributed by atoms with Crippen molar-refractivity contribution in [3.63, 3.8) is 0 Å². The number of esters is 2. The fourth-order valence-electron chi connectivity index (χ4n) is 7.91. The highest BCUT2D eigenvalue weighted by Crippen LogP contribution is 2.68. The monoisotopic (exact) mass is 470 g/mol. The van der Waals surface area contributed by atoms with E-state index in [0.29, 0.717) is 24.0 Å². The maximum absolute atomic E-state index is 13.1. The minimum atomic E-state index is -1.74. The van der Waals surface area contributed by atoms with Gasteiger partial charge in [0.25, 0.3) is 0 Å². The van der Waals surface area contributed by atoms with Gasteiger partial charge in [-0.3, -0.25) is 0 Å². The molecule has 0 aromatic heterocycles. The Balaban J connectivity index is 1.63. The molecular formula is C27H34O7. The predicted octanol–water partition coefficient (Wildman–Crippen LogP) is 2.98. The highest BCUT2D eigenvalue weighted by molar-refractivity contribution is 5.89. The van der Waals surface area contributed by atoms with E-state index in [4.69, 9.17) is 9.47 Å². The summed E-state index contributed by atoms with van der Waals surface area (Å²) in [5.41, 5.74) is -2.26. The molecule has 184 valence electrons. The Morgan fingerprint density at radius 3 is 2.47 bits per heavy atom. The van der Waals surface area contributed by atoms with Crippen LogP contribution in [0.25, 0.3) is 0 Å². The average molecular weight is 471 g/mol. The van der Waals surface area contributed by atoms with Crippen molar-refractivity contribution < 1.29 is 34.4 Å². The molecule has 34 heavy (non-hydrogen) atoms. The van der Waals surface area contributed by atoms with Crippen LogP contribution in [0.4, 0.5) is 0 Å². The minimum absolute atomic E-state index is 0.0882. The van der Waals surface area contributed by atoms with Gasteiger partial charge in [-0.15, -0.1) is 0 Å². The number of aliphatic hydroxyl groups excluding tert-OH is 1. The fourth-order valence-corrected chi connectivity index (χ4v) is 7.91. The molecule has 3 saturated carbocycles. The van der Waals surface area contributed by atoms with Crippen LogP contribution < -0.4 is 0 Å². The quantitative estimate of drug-likeness (QED) is 0.570. The van der Waals surface area contributed by atoms with Crippen molar-refractivity contribution in [3.05, 3.63) is 47.5 Å². The number of fused-ring (bicyclic) bond motifs is 4. The average Bonchev–Trinajstić information content (AvgIpc) is 3.09. The van der Waals surface area contributed by atoms with Crippen molar-refractivity contribution >= 4 is 11.9 Å². The summed E-state index contributed by atoms with van der Waals surface area (Å²) in [6.07, 6.45) is 1.22. The molecule has 7 nitrogen and oxygen atoms in total. The summed E-state index contributed by atoms with van der Waals surface area (Å²) >= 11 is 0. The molecule has 0 saturated heterocycles. The van der Waals surface area contributed by atoms with E-state index in [-0.39, 0.29) is 12.3 Å². The number of ether oxygens (including phenoxy) is 2. The zero-order valence-corrected chi connectivity index (χ0v) is 20.2. The number of hydrogen-bond acceptors (Lipinski definition) is 7. The molecule has 1 aliphatic heterocycles. The molecule has 8 atom stereocenters. The highest BCUT2D eigenvalue weighted by atomic mass is 16.7. The van der Waals surface area contributed by atoms with E-state index in [1.165, 1.54) is 6.08 Å². The predicted molar refractivity (Wildman–Crippen MR) is 122 cm³/mol. The van der Waals surface area contributed by atoms with Gasteiger partial charge in [0.2, 0.25) is 5.79 Å². The molecule has 3 N–H and O–H groups in total. The molecule has 0 bridgehead atoms. The Morgan fingerprint density at radius 2 is 1.79 bits per heavy atom. The lowest BCUT2D eigenvalue weighted by atomic mass is 9.39. The van der Waals surface area contributed by atoms with Crippen LogP contribution in [-0.4, -0.2) is 50.9 Å². The van der Waals surface area contributed by atoms with Crippen LogP contribution in [0.2, 0.25) is 0 Å². The Bertz CT molecular complexity index is 1050. The van der Waals surface area contributed by atoms with Crippen LogP contribution in [0.5, 0.6) is 0 Å². The molecule has 4 aliphatic rings. The van der Waals surface area contributed by atoms with Crippen LogP contribution in [0.15, 0.2) is 42.0 Å². The second kappa shape index (κ2) is 7.39. The second-order valence-electron chi connectivity index (χ2n) is 11.6. The molecule has 0 spiro atoms. The van der Waals surface area contributed by atoms with Crippen LogP contribution >= 0.6 is 0 Å². The first-order valence-corrected chi connectivity index (χ1v) is 12.2. The third-order valence-corrected chi connectivity index (χ3v) is 9.60. The molecule has 1 unspecified atom stereocenters. The number of rotatable bonds is 2. The first-order valence-electron chi connectivity index (χ1n) is 12.2. The highest BCUT2D eigenvalue weighted by Gasteiger charge is 2.75. The summed E-state index contributed by atoms with van der Waals surface area (Å²) < 4.78 is 11.3. The van der Waals surface area contributed by atoms with Crippen LogP contribution in [0.3, 0.4) is 0 Å². The Labute approximate surface area is 199 Å². The van der Waals surface area contributed by atoms with Gasteiger partial charge in [-0.2, -0.15) is 0 Å². The largest absolute Gasteiger partial charge is 0.453 e. The lowest BCUT2D eigenvalue weighted by molar-refractivity contribution is -0.328. The van der Waals surface area contributed by atoms with E-state index >= 15 is 0 Å². The van der Waals surface area contributed by atoms with E-state index in [1.54, 1.807) is 30.3 Å². The van der Waals surface area contributed by atoms with Gasteiger partial charge in [-0.1, -0.05) is 52.3 Å². The zero-order chi connectivity index (χ0) is 24.7. The molecule has 5 rings (SSSR count). The third-order valence-electron chi connectivity index (χ3n) is 9.60. The summed E-state index contributed by atoms with van der Waals surface area (Å²) in [5.74, 6) is -4.14. The molecule has 7 heteroatoms. The molecule has 0 radical (unpaired) electrons.